The Balaban J connectivity index is 2.12. The second-order valence-corrected chi connectivity index (χ2v) is 4.95. The first kappa shape index (κ1) is 16.0. The lowest BCUT2D eigenvalue weighted by Gasteiger charge is -2.09. The Bertz CT molecular complexity index is 718. The molecule has 0 aliphatic heterocycles. The molecule has 2 rings (SSSR count). The third-order valence-corrected chi connectivity index (χ3v) is 3.24. The van der Waals surface area contributed by atoms with Crippen molar-refractivity contribution in [2.24, 2.45) is 0 Å². The van der Waals surface area contributed by atoms with E-state index in [0.717, 1.165) is 0 Å². The molecule has 1 amide bonds. The van der Waals surface area contributed by atoms with Crippen LogP contribution >= 0.6 is 11.6 Å². The van der Waals surface area contributed by atoms with Gasteiger partial charge >= 0.3 is 5.97 Å². The van der Waals surface area contributed by atoms with Gasteiger partial charge in [0.05, 0.1) is 29.8 Å². The van der Waals surface area contributed by atoms with E-state index in [2.05, 4.69) is 10.1 Å². The molecule has 6 heteroatoms. The molecule has 0 atom stereocenters. The lowest BCUT2D eigenvalue weighted by Crippen LogP contribution is -2.15. The Morgan fingerprint density at radius 3 is 2.68 bits per heavy atom. The van der Waals surface area contributed by atoms with Gasteiger partial charge in [-0.1, -0.05) is 23.7 Å². The highest BCUT2D eigenvalue weighted by molar-refractivity contribution is 6.33. The number of hydrogen-bond acceptors (Lipinski definition) is 3. The second kappa shape index (κ2) is 7.04. The number of benzene rings is 2. The molecular formula is C16H13ClFNO3. The van der Waals surface area contributed by atoms with E-state index in [9.17, 15) is 14.0 Å². The number of hydrogen-bond donors (Lipinski definition) is 1. The quantitative estimate of drug-likeness (QED) is 0.878. The molecule has 4 nitrogen and oxygen atoms in total. The third kappa shape index (κ3) is 4.05. The Morgan fingerprint density at radius 1 is 1.23 bits per heavy atom. The molecule has 0 aliphatic carbocycles. The van der Waals surface area contributed by atoms with Crippen molar-refractivity contribution >= 4 is 29.2 Å². The number of carbonyl (C=O) groups is 2. The summed E-state index contributed by atoms with van der Waals surface area (Å²) in [7, 11) is 1.26. The van der Waals surface area contributed by atoms with Crippen LogP contribution in [0.1, 0.15) is 15.9 Å². The third-order valence-electron chi connectivity index (χ3n) is 2.92. The van der Waals surface area contributed by atoms with E-state index >= 15 is 0 Å². The fraction of sp³-hybridized carbons (Fsp3) is 0.125. The van der Waals surface area contributed by atoms with Gasteiger partial charge in [0.25, 0.3) is 0 Å². The number of nitrogens with one attached hydrogen (secondary N) is 1. The average Bonchev–Trinajstić information content (AvgIpc) is 2.48. The SMILES string of the molecule is COC(=O)c1ccc(Cl)c(NC(=O)Cc2cccc(F)c2)c1. The molecule has 22 heavy (non-hydrogen) atoms. The first-order valence-corrected chi connectivity index (χ1v) is 6.79. The fourth-order valence-corrected chi connectivity index (χ4v) is 2.06. The summed E-state index contributed by atoms with van der Waals surface area (Å²) >= 11 is 5.99. The standard InChI is InChI=1S/C16H13ClFNO3/c1-22-16(21)11-5-6-13(17)14(9-11)19-15(20)8-10-3-2-4-12(18)7-10/h2-7,9H,8H2,1H3,(H,19,20). The van der Waals surface area contributed by atoms with Gasteiger partial charge < -0.3 is 10.1 Å². The maximum Gasteiger partial charge on any atom is 0.337 e. The van der Waals surface area contributed by atoms with Crippen molar-refractivity contribution in [1.29, 1.82) is 0 Å². The Hall–Kier alpha value is -2.40. The molecule has 0 bridgehead atoms. The van der Waals surface area contributed by atoms with Crippen molar-refractivity contribution in [2.45, 2.75) is 6.42 Å². The van der Waals surface area contributed by atoms with Crippen molar-refractivity contribution in [2.75, 3.05) is 12.4 Å². The molecule has 2 aromatic rings. The molecule has 0 aromatic heterocycles. The van der Waals surface area contributed by atoms with Gasteiger partial charge in [-0.3, -0.25) is 4.79 Å². The van der Waals surface area contributed by atoms with Crippen molar-refractivity contribution in [3.8, 4) is 0 Å². The van der Waals surface area contributed by atoms with E-state index in [-0.39, 0.29) is 17.9 Å². The molecule has 0 aliphatic rings. The number of methoxy groups -OCH3 is 1. The van der Waals surface area contributed by atoms with Crippen LogP contribution in [0.25, 0.3) is 0 Å². The first-order chi connectivity index (χ1) is 10.5. The van der Waals surface area contributed by atoms with E-state index in [4.69, 9.17) is 11.6 Å². The molecule has 0 heterocycles. The highest BCUT2D eigenvalue weighted by Crippen LogP contribution is 2.23. The molecule has 114 valence electrons. The number of esters is 1. The lowest BCUT2D eigenvalue weighted by atomic mass is 10.1. The van der Waals surface area contributed by atoms with Crippen molar-refractivity contribution < 1.29 is 18.7 Å². The van der Waals surface area contributed by atoms with Crippen LogP contribution in [0.4, 0.5) is 10.1 Å². The van der Waals surface area contributed by atoms with E-state index in [0.29, 0.717) is 16.3 Å². The maximum absolute atomic E-state index is 13.1. The van der Waals surface area contributed by atoms with E-state index in [1.54, 1.807) is 6.07 Å². The van der Waals surface area contributed by atoms with E-state index in [1.807, 2.05) is 0 Å². The topological polar surface area (TPSA) is 55.4 Å². The van der Waals surface area contributed by atoms with E-state index < -0.39 is 11.8 Å². The summed E-state index contributed by atoms with van der Waals surface area (Å²) in [5.74, 6) is -1.30. The van der Waals surface area contributed by atoms with Gasteiger partial charge in [-0.15, -0.1) is 0 Å². The monoisotopic (exact) mass is 321 g/mol. The van der Waals surface area contributed by atoms with Gasteiger partial charge in [0.15, 0.2) is 0 Å². The highest BCUT2D eigenvalue weighted by atomic mass is 35.5. The van der Waals surface area contributed by atoms with Crippen molar-refractivity contribution in [1.82, 2.24) is 0 Å². The number of rotatable bonds is 4. The van der Waals surface area contributed by atoms with Crippen LogP contribution in [0.5, 0.6) is 0 Å². The first-order valence-electron chi connectivity index (χ1n) is 6.42. The van der Waals surface area contributed by atoms with Crippen LogP contribution < -0.4 is 5.32 Å². The summed E-state index contributed by atoms with van der Waals surface area (Å²) in [6, 6.07) is 10.2. The number of anilines is 1. The zero-order chi connectivity index (χ0) is 16.1. The fourth-order valence-electron chi connectivity index (χ4n) is 1.89. The summed E-state index contributed by atoms with van der Waals surface area (Å²) in [4.78, 5) is 23.5. The van der Waals surface area contributed by atoms with Crippen LogP contribution in [0.2, 0.25) is 5.02 Å². The Kier molecular flexibility index (Phi) is 5.12. The van der Waals surface area contributed by atoms with Crippen LogP contribution in [0.3, 0.4) is 0 Å². The van der Waals surface area contributed by atoms with Gasteiger partial charge in [-0.2, -0.15) is 0 Å². The number of amides is 1. The molecule has 0 saturated carbocycles. The van der Waals surface area contributed by atoms with E-state index in [1.165, 1.54) is 43.5 Å². The van der Waals surface area contributed by atoms with Gasteiger partial charge in [-0.25, -0.2) is 9.18 Å². The van der Waals surface area contributed by atoms with Gasteiger partial charge in [0, 0.05) is 0 Å². The summed E-state index contributed by atoms with van der Waals surface area (Å²) < 4.78 is 17.7. The number of carbonyl (C=O) groups excluding carboxylic acids is 2. The molecule has 1 N–H and O–H groups in total. The van der Waals surface area contributed by atoms with Crippen LogP contribution in [-0.4, -0.2) is 19.0 Å². The van der Waals surface area contributed by atoms with Gasteiger partial charge in [0.2, 0.25) is 5.91 Å². The average molecular weight is 322 g/mol. The molecular weight excluding hydrogens is 309 g/mol. The second-order valence-electron chi connectivity index (χ2n) is 4.54. The summed E-state index contributed by atoms with van der Waals surface area (Å²) in [6.45, 7) is 0. The molecule has 0 saturated heterocycles. The number of ether oxygens (including phenoxy) is 1. The van der Waals surface area contributed by atoms with Crippen molar-refractivity contribution in [3.05, 3.63) is 64.4 Å². The highest BCUT2D eigenvalue weighted by Gasteiger charge is 2.12. The van der Waals surface area contributed by atoms with Crippen LogP contribution in [0.15, 0.2) is 42.5 Å². The zero-order valence-electron chi connectivity index (χ0n) is 11.7. The van der Waals surface area contributed by atoms with Crippen molar-refractivity contribution in [3.63, 3.8) is 0 Å². The minimum atomic E-state index is -0.530. The summed E-state index contributed by atoms with van der Waals surface area (Å²) in [6.07, 6.45) is -0.00343. The molecule has 0 fully saturated rings. The smallest absolute Gasteiger partial charge is 0.337 e. The zero-order valence-corrected chi connectivity index (χ0v) is 12.5. The maximum atomic E-state index is 13.1. The van der Waals surface area contributed by atoms with Gasteiger partial charge in [-0.05, 0) is 35.9 Å². The summed E-state index contributed by atoms with van der Waals surface area (Å²) in [5, 5.41) is 2.89. The predicted octanol–water partition coefficient (Wildman–Crippen LogP) is 3.45. The molecule has 0 spiro atoms. The summed E-state index contributed by atoms with van der Waals surface area (Å²) in [5.41, 5.74) is 1.11. The minimum Gasteiger partial charge on any atom is -0.465 e. The molecule has 2 aromatic carbocycles. The lowest BCUT2D eigenvalue weighted by molar-refractivity contribution is -0.115. The minimum absolute atomic E-state index is 0.00343. The normalized spacial score (nSPS) is 10.1. The van der Waals surface area contributed by atoms with Gasteiger partial charge in [0.1, 0.15) is 5.82 Å². The number of halogens is 2. The van der Waals surface area contributed by atoms with Crippen LogP contribution in [-0.2, 0) is 16.0 Å². The molecule has 0 unspecified atom stereocenters. The largest absolute Gasteiger partial charge is 0.465 e. The molecule has 0 radical (unpaired) electrons. The Morgan fingerprint density at radius 2 is 2.00 bits per heavy atom. The van der Waals surface area contributed by atoms with Crippen LogP contribution in [0, 0.1) is 5.82 Å². The Labute approximate surface area is 131 Å². The predicted molar refractivity (Wildman–Crippen MR) is 81.5 cm³/mol.